The van der Waals surface area contributed by atoms with E-state index in [0.29, 0.717) is 10.1 Å². The summed E-state index contributed by atoms with van der Waals surface area (Å²) in [5, 5.41) is 24.9. The van der Waals surface area contributed by atoms with Crippen molar-refractivity contribution < 1.29 is 4.79 Å². The Morgan fingerprint density at radius 2 is 2.00 bits per heavy atom. The van der Waals surface area contributed by atoms with Crippen molar-refractivity contribution in [3.63, 3.8) is 0 Å². The number of carbonyl (C=O) groups is 1. The lowest BCUT2D eigenvalue weighted by molar-refractivity contribution is 0.103. The summed E-state index contributed by atoms with van der Waals surface area (Å²) in [6.45, 7) is 3.96. The summed E-state index contributed by atoms with van der Waals surface area (Å²) in [6, 6.07) is 9.79. The highest BCUT2D eigenvalue weighted by Crippen LogP contribution is 2.37. The number of thiophene rings is 1. The zero-order chi connectivity index (χ0) is 18.7. The molecule has 1 amide bonds. The summed E-state index contributed by atoms with van der Waals surface area (Å²) in [5.74, 6) is -0.403. The highest BCUT2D eigenvalue weighted by Gasteiger charge is 2.22. The summed E-state index contributed by atoms with van der Waals surface area (Å²) in [4.78, 5) is 12.8. The van der Waals surface area contributed by atoms with Gasteiger partial charge < -0.3 is 11.1 Å². The molecule has 1 aromatic carbocycles. The third kappa shape index (κ3) is 3.66. The van der Waals surface area contributed by atoms with Crippen molar-refractivity contribution in [1.82, 2.24) is 10.2 Å². The van der Waals surface area contributed by atoms with Gasteiger partial charge >= 0.3 is 0 Å². The number of nitrogens with two attached hydrogens (primary N) is 1. The number of nitrogens with one attached hydrogen (secondary N) is 2. The minimum atomic E-state index is -0.403. The molecule has 0 aliphatic heterocycles. The number of carbonyl (C=O) groups excluding carboxylic acids is 1. The van der Waals surface area contributed by atoms with Gasteiger partial charge in [0.1, 0.15) is 26.5 Å². The van der Waals surface area contributed by atoms with Crippen molar-refractivity contribution in [3.05, 3.63) is 45.3 Å². The number of hydrogen-bond acceptors (Lipinski definition) is 8. The molecule has 7 nitrogen and oxygen atoms in total. The zero-order valence-electron chi connectivity index (χ0n) is 14.2. The molecular formula is C17H16N6OS2. The lowest BCUT2D eigenvalue weighted by Crippen LogP contribution is -2.12. The fraction of sp³-hybridized carbons (Fsp3) is 0.176. The maximum absolute atomic E-state index is 12.5. The van der Waals surface area contributed by atoms with Crippen LogP contribution in [0.25, 0.3) is 0 Å². The lowest BCUT2D eigenvalue weighted by atomic mass is 10.2. The van der Waals surface area contributed by atoms with Gasteiger partial charge in [-0.05, 0) is 25.5 Å². The summed E-state index contributed by atoms with van der Waals surface area (Å²) in [5.41, 5.74) is 8.39. The fourth-order valence-electron chi connectivity index (χ4n) is 2.18. The van der Waals surface area contributed by atoms with Crippen molar-refractivity contribution in [2.45, 2.75) is 20.3 Å². The number of nitrogens with zero attached hydrogens (tertiary/aromatic N) is 3. The van der Waals surface area contributed by atoms with Crippen LogP contribution in [0.1, 0.15) is 32.7 Å². The highest BCUT2D eigenvalue weighted by molar-refractivity contribution is 7.19. The van der Waals surface area contributed by atoms with Crippen molar-refractivity contribution >= 4 is 50.1 Å². The molecule has 2 aromatic heterocycles. The van der Waals surface area contributed by atoms with Crippen LogP contribution in [-0.2, 0) is 6.42 Å². The van der Waals surface area contributed by atoms with Crippen LogP contribution in [0.2, 0.25) is 0 Å². The molecule has 26 heavy (non-hydrogen) atoms. The number of amides is 1. The normalized spacial score (nSPS) is 10.3. The van der Waals surface area contributed by atoms with Crippen LogP contribution in [0, 0.1) is 18.3 Å². The first-order valence-corrected chi connectivity index (χ1v) is 9.45. The number of benzene rings is 1. The minimum absolute atomic E-state index is 0.157. The Morgan fingerprint density at radius 1 is 1.27 bits per heavy atom. The van der Waals surface area contributed by atoms with Gasteiger partial charge in [0.2, 0.25) is 5.13 Å². The van der Waals surface area contributed by atoms with Gasteiger partial charge in [0, 0.05) is 5.69 Å². The minimum Gasteiger partial charge on any atom is -0.396 e. The summed E-state index contributed by atoms with van der Waals surface area (Å²) >= 11 is 2.45. The quantitative estimate of drug-likeness (QED) is 0.614. The first kappa shape index (κ1) is 17.8. The van der Waals surface area contributed by atoms with E-state index in [1.165, 1.54) is 11.3 Å². The van der Waals surface area contributed by atoms with E-state index in [1.54, 1.807) is 0 Å². The van der Waals surface area contributed by atoms with Crippen molar-refractivity contribution in [2.75, 3.05) is 16.4 Å². The van der Waals surface area contributed by atoms with E-state index in [9.17, 15) is 10.1 Å². The van der Waals surface area contributed by atoms with Gasteiger partial charge in [-0.3, -0.25) is 10.1 Å². The van der Waals surface area contributed by atoms with Crippen LogP contribution < -0.4 is 16.4 Å². The predicted molar refractivity (Wildman–Crippen MR) is 105 cm³/mol. The van der Waals surface area contributed by atoms with Crippen LogP contribution >= 0.6 is 22.7 Å². The van der Waals surface area contributed by atoms with E-state index in [4.69, 9.17) is 5.73 Å². The second-order valence-corrected chi connectivity index (χ2v) is 7.54. The van der Waals surface area contributed by atoms with E-state index < -0.39 is 5.91 Å². The molecule has 0 radical (unpaired) electrons. The maximum atomic E-state index is 12.5. The molecular weight excluding hydrogens is 368 g/mol. The average Bonchev–Trinajstić information content (AvgIpc) is 3.21. The predicted octanol–water partition coefficient (Wildman–Crippen LogP) is 3.92. The van der Waals surface area contributed by atoms with Crippen molar-refractivity contribution in [2.24, 2.45) is 0 Å². The van der Waals surface area contributed by atoms with Gasteiger partial charge in [0.15, 0.2) is 0 Å². The molecule has 2 heterocycles. The Morgan fingerprint density at radius 3 is 2.62 bits per heavy atom. The first-order valence-electron chi connectivity index (χ1n) is 7.81. The molecule has 3 aromatic rings. The molecule has 0 aliphatic rings. The molecule has 9 heteroatoms. The second kappa shape index (κ2) is 7.51. The van der Waals surface area contributed by atoms with Crippen molar-refractivity contribution in [1.29, 1.82) is 5.26 Å². The van der Waals surface area contributed by atoms with Crippen LogP contribution in [0.5, 0.6) is 0 Å². The third-order valence-corrected chi connectivity index (χ3v) is 5.67. The second-order valence-electron chi connectivity index (χ2n) is 5.46. The Labute approximate surface area is 158 Å². The molecule has 0 fully saturated rings. The maximum Gasteiger partial charge on any atom is 0.269 e. The van der Waals surface area contributed by atoms with E-state index >= 15 is 0 Å². The average molecular weight is 384 g/mol. The van der Waals surface area contributed by atoms with Crippen LogP contribution in [-0.4, -0.2) is 16.1 Å². The molecule has 0 unspecified atom stereocenters. The van der Waals surface area contributed by atoms with Crippen LogP contribution in [0.3, 0.4) is 0 Å². The first-order chi connectivity index (χ1) is 12.5. The molecule has 0 atom stereocenters. The standard InChI is InChI=1S/C17H16N6OS2/c1-3-12-22-23-17(25-12)21-15(24)14-13(19)11(8-18)16(26-14)20-10-6-4-9(2)5-7-10/h4-7,20H,3,19H2,1-2H3,(H,21,23,24). The number of nitriles is 1. The number of anilines is 4. The summed E-state index contributed by atoms with van der Waals surface area (Å²) in [7, 11) is 0. The van der Waals surface area contributed by atoms with Gasteiger partial charge in [0.05, 0.1) is 5.69 Å². The van der Waals surface area contributed by atoms with Crippen molar-refractivity contribution in [3.8, 4) is 6.07 Å². The molecule has 0 bridgehead atoms. The zero-order valence-corrected chi connectivity index (χ0v) is 15.8. The molecule has 0 saturated heterocycles. The van der Waals surface area contributed by atoms with Crippen LogP contribution in [0.15, 0.2) is 24.3 Å². The van der Waals surface area contributed by atoms with Crippen LogP contribution in [0.4, 0.5) is 21.5 Å². The number of aryl methyl sites for hydroxylation is 2. The summed E-state index contributed by atoms with van der Waals surface area (Å²) < 4.78 is 0. The molecule has 4 N–H and O–H groups in total. The monoisotopic (exact) mass is 384 g/mol. The Balaban J connectivity index is 1.85. The molecule has 132 valence electrons. The molecule has 3 rings (SSSR count). The topological polar surface area (TPSA) is 117 Å². The number of aromatic nitrogens is 2. The van der Waals surface area contributed by atoms with Gasteiger partial charge in [-0.2, -0.15) is 5.26 Å². The van der Waals surface area contributed by atoms with Gasteiger partial charge in [-0.25, -0.2) is 0 Å². The highest BCUT2D eigenvalue weighted by atomic mass is 32.1. The van der Waals surface area contributed by atoms with E-state index in [0.717, 1.165) is 34.0 Å². The lowest BCUT2D eigenvalue weighted by Gasteiger charge is -2.04. The number of rotatable bonds is 5. The Hall–Kier alpha value is -2.96. The molecule has 0 saturated carbocycles. The number of hydrogen-bond donors (Lipinski definition) is 3. The SMILES string of the molecule is CCc1nnc(NC(=O)c2sc(Nc3ccc(C)cc3)c(C#N)c2N)s1. The summed E-state index contributed by atoms with van der Waals surface area (Å²) in [6.07, 6.45) is 0.748. The van der Waals surface area contributed by atoms with Gasteiger partial charge in [-0.15, -0.1) is 21.5 Å². The third-order valence-electron chi connectivity index (χ3n) is 3.56. The smallest absolute Gasteiger partial charge is 0.269 e. The van der Waals surface area contributed by atoms with Gasteiger partial charge in [-0.1, -0.05) is 36.0 Å². The molecule has 0 aliphatic carbocycles. The Bertz CT molecular complexity index is 984. The van der Waals surface area contributed by atoms with E-state index in [-0.39, 0.29) is 16.1 Å². The largest absolute Gasteiger partial charge is 0.396 e. The Kier molecular flexibility index (Phi) is 5.16. The fourth-order valence-corrected chi connectivity index (χ4v) is 3.84. The van der Waals surface area contributed by atoms with E-state index in [2.05, 4.69) is 26.9 Å². The molecule has 0 spiro atoms. The van der Waals surface area contributed by atoms with Gasteiger partial charge in [0.25, 0.3) is 5.91 Å². The van der Waals surface area contributed by atoms with E-state index in [1.807, 2.05) is 38.1 Å². The number of nitrogen functional groups attached to an aromatic ring is 1.